The van der Waals surface area contributed by atoms with Crippen LogP contribution in [0.5, 0.6) is 0 Å². The minimum atomic E-state index is -4.60. The fourth-order valence-electron chi connectivity index (χ4n) is 2.20. The number of fused-ring (bicyclic) bond motifs is 1. The van der Waals surface area contributed by atoms with E-state index in [2.05, 4.69) is 14.7 Å². The minimum absolute atomic E-state index is 0.0724. The molecular weight excluding hydrogens is 343 g/mol. The van der Waals surface area contributed by atoms with Crippen molar-refractivity contribution in [3.8, 4) is 0 Å². The molecule has 3 rings (SSSR count). The van der Waals surface area contributed by atoms with Crippen LogP contribution in [0.3, 0.4) is 0 Å². The van der Waals surface area contributed by atoms with E-state index in [0.29, 0.717) is 0 Å². The topological polar surface area (TPSA) is 74.8 Å². The van der Waals surface area contributed by atoms with Gasteiger partial charge < -0.3 is 4.98 Å². The highest BCUT2D eigenvalue weighted by Crippen LogP contribution is 2.29. The number of imidazole rings is 1. The Balaban J connectivity index is 1.95. The molecule has 0 aliphatic rings. The summed E-state index contributed by atoms with van der Waals surface area (Å²) in [7, 11) is -3.83. The quantitative estimate of drug-likeness (QED) is 0.752. The van der Waals surface area contributed by atoms with Crippen LogP contribution in [0.15, 0.2) is 47.4 Å². The molecule has 0 unspecified atom stereocenters. The van der Waals surface area contributed by atoms with Crippen LogP contribution < -0.4 is 4.72 Å². The summed E-state index contributed by atoms with van der Waals surface area (Å²) in [6.45, 7) is 1.76. The van der Waals surface area contributed by atoms with Crippen molar-refractivity contribution in [1.29, 1.82) is 0 Å². The van der Waals surface area contributed by atoms with Crippen LogP contribution in [0.4, 0.5) is 18.9 Å². The standard InChI is InChI=1S/C15H12F3N3O2S/c1-9-3-2-4-11(7-9)24(22,23)21-10-5-6-12-13(8-10)20-14(19-12)15(16,17)18/h2-8,21H,1H3,(H,19,20). The summed E-state index contributed by atoms with van der Waals surface area (Å²) in [4.78, 5) is 5.65. The average molecular weight is 355 g/mol. The van der Waals surface area contributed by atoms with Crippen molar-refractivity contribution in [2.75, 3.05) is 4.72 Å². The number of benzene rings is 2. The predicted octanol–water partition coefficient (Wildman–Crippen LogP) is 3.69. The van der Waals surface area contributed by atoms with Crippen molar-refractivity contribution in [2.24, 2.45) is 0 Å². The van der Waals surface area contributed by atoms with Crippen LogP contribution in [0, 0.1) is 6.92 Å². The van der Waals surface area contributed by atoms with Gasteiger partial charge in [-0.15, -0.1) is 0 Å². The van der Waals surface area contributed by atoms with E-state index >= 15 is 0 Å². The van der Waals surface area contributed by atoms with Gasteiger partial charge in [-0.25, -0.2) is 13.4 Å². The molecule has 0 aliphatic carbocycles. The van der Waals surface area contributed by atoms with Crippen LogP contribution >= 0.6 is 0 Å². The highest BCUT2D eigenvalue weighted by Gasteiger charge is 2.34. The van der Waals surface area contributed by atoms with E-state index < -0.39 is 22.0 Å². The van der Waals surface area contributed by atoms with Gasteiger partial charge in [-0.3, -0.25) is 4.72 Å². The number of alkyl halides is 3. The number of H-pyrrole nitrogens is 1. The van der Waals surface area contributed by atoms with Crippen LogP contribution in [0.1, 0.15) is 11.4 Å². The van der Waals surface area contributed by atoms with Crippen LogP contribution in [-0.2, 0) is 16.2 Å². The number of aromatic amines is 1. The Morgan fingerprint density at radius 2 is 1.88 bits per heavy atom. The maximum atomic E-state index is 12.7. The lowest BCUT2D eigenvalue weighted by Gasteiger charge is -2.08. The van der Waals surface area contributed by atoms with E-state index in [1.165, 1.54) is 30.3 Å². The van der Waals surface area contributed by atoms with Gasteiger partial charge in [-0.1, -0.05) is 12.1 Å². The van der Waals surface area contributed by atoms with Gasteiger partial charge in [0.2, 0.25) is 5.82 Å². The summed E-state index contributed by atoms with van der Waals surface area (Å²) >= 11 is 0. The lowest BCUT2D eigenvalue weighted by molar-refractivity contribution is -0.144. The van der Waals surface area contributed by atoms with E-state index in [9.17, 15) is 21.6 Å². The highest BCUT2D eigenvalue weighted by molar-refractivity contribution is 7.92. The molecule has 1 aromatic heterocycles. The average Bonchev–Trinajstić information content (AvgIpc) is 2.90. The number of sulfonamides is 1. The van der Waals surface area contributed by atoms with Crippen molar-refractivity contribution in [3.05, 3.63) is 53.9 Å². The number of hydrogen-bond acceptors (Lipinski definition) is 3. The van der Waals surface area contributed by atoms with E-state index in [1.54, 1.807) is 19.1 Å². The smallest absolute Gasteiger partial charge is 0.334 e. The Bertz CT molecular complexity index is 1010. The van der Waals surface area contributed by atoms with Crippen molar-refractivity contribution in [3.63, 3.8) is 0 Å². The monoisotopic (exact) mass is 355 g/mol. The molecule has 1 heterocycles. The molecule has 0 amide bonds. The molecule has 5 nitrogen and oxygen atoms in total. The fourth-order valence-corrected chi connectivity index (χ4v) is 3.36. The van der Waals surface area contributed by atoms with Crippen molar-refractivity contribution < 1.29 is 21.6 Å². The predicted molar refractivity (Wildman–Crippen MR) is 83.1 cm³/mol. The summed E-state index contributed by atoms with van der Waals surface area (Å²) in [5.74, 6) is -1.13. The first-order chi connectivity index (χ1) is 11.1. The zero-order valence-corrected chi connectivity index (χ0v) is 13.2. The van der Waals surface area contributed by atoms with Gasteiger partial charge in [-0.05, 0) is 42.8 Å². The maximum absolute atomic E-state index is 12.7. The molecule has 0 aliphatic heterocycles. The molecule has 3 aromatic rings. The molecule has 2 aromatic carbocycles. The molecule has 0 saturated carbocycles. The van der Waals surface area contributed by atoms with Gasteiger partial charge in [0.15, 0.2) is 0 Å². The van der Waals surface area contributed by atoms with E-state index in [-0.39, 0.29) is 21.6 Å². The summed E-state index contributed by atoms with van der Waals surface area (Å²) in [5, 5.41) is 0. The Hall–Kier alpha value is -2.55. The first-order valence-corrected chi connectivity index (χ1v) is 8.30. The van der Waals surface area contributed by atoms with Crippen LogP contribution in [0.2, 0.25) is 0 Å². The molecule has 0 radical (unpaired) electrons. The number of aryl methyl sites for hydroxylation is 1. The van der Waals surface area contributed by atoms with Gasteiger partial charge in [0, 0.05) is 0 Å². The third-order valence-electron chi connectivity index (χ3n) is 3.30. The molecule has 2 N–H and O–H groups in total. The van der Waals surface area contributed by atoms with Gasteiger partial charge in [-0.2, -0.15) is 13.2 Å². The number of halogens is 3. The number of anilines is 1. The van der Waals surface area contributed by atoms with E-state index in [4.69, 9.17) is 0 Å². The van der Waals surface area contributed by atoms with Gasteiger partial charge in [0.25, 0.3) is 10.0 Å². The molecular formula is C15H12F3N3O2S. The Morgan fingerprint density at radius 1 is 1.12 bits per heavy atom. The largest absolute Gasteiger partial charge is 0.449 e. The summed E-state index contributed by atoms with van der Waals surface area (Å²) in [6.07, 6.45) is -4.60. The highest BCUT2D eigenvalue weighted by atomic mass is 32.2. The fraction of sp³-hybridized carbons (Fsp3) is 0.133. The number of aromatic nitrogens is 2. The molecule has 126 valence electrons. The van der Waals surface area contributed by atoms with Crippen molar-refractivity contribution in [2.45, 2.75) is 18.0 Å². The second-order valence-corrected chi connectivity index (χ2v) is 6.92. The number of nitrogens with one attached hydrogen (secondary N) is 2. The molecule has 24 heavy (non-hydrogen) atoms. The second-order valence-electron chi connectivity index (χ2n) is 5.24. The number of rotatable bonds is 3. The molecule has 9 heteroatoms. The molecule has 0 atom stereocenters. The SMILES string of the molecule is Cc1cccc(S(=O)(=O)Nc2ccc3nc(C(F)(F)F)[nH]c3c2)c1. The summed E-state index contributed by atoms with van der Waals surface area (Å²) in [6, 6.07) is 10.2. The molecule has 0 saturated heterocycles. The Labute approximate surface area is 135 Å². The van der Waals surface area contributed by atoms with E-state index in [0.717, 1.165) is 5.56 Å². The Morgan fingerprint density at radius 3 is 2.54 bits per heavy atom. The van der Waals surface area contributed by atoms with Crippen molar-refractivity contribution in [1.82, 2.24) is 9.97 Å². The van der Waals surface area contributed by atoms with Crippen LogP contribution in [-0.4, -0.2) is 18.4 Å². The first-order valence-electron chi connectivity index (χ1n) is 6.82. The Kier molecular flexibility index (Phi) is 3.75. The molecule has 0 spiro atoms. The van der Waals surface area contributed by atoms with Gasteiger partial charge >= 0.3 is 6.18 Å². The second kappa shape index (κ2) is 5.52. The first kappa shape index (κ1) is 16.3. The minimum Gasteiger partial charge on any atom is -0.334 e. The lowest BCUT2D eigenvalue weighted by atomic mass is 10.2. The lowest BCUT2D eigenvalue weighted by Crippen LogP contribution is -2.12. The summed E-state index contributed by atoms with van der Waals surface area (Å²) < 4.78 is 65.0. The van der Waals surface area contributed by atoms with E-state index in [1.807, 2.05) is 0 Å². The third kappa shape index (κ3) is 3.21. The number of hydrogen-bond donors (Lipinski definition) is 2. The number of nitrogens with zero attached hydrogens (tertiary/aromatic N) is 1. The summed E-state index contributed by atoms with van der Waals surface area (Å²) in [5.41, 5.74) is 1.10. The maximum Gasteiger partial charge on any atom is 0.449 e. The normalized spacial score (nSPS) is 12.5. The van der Waals surface area contributed by atoms with Crippen LogP contribution in [0.25, 0.3) is 11.0 Å². The molecule has 0 fully saturated rings. The zero-order chi connectivity index (χ0) is 17.5. The van der Waals surface area contributed by atoms with Gasteiger partial charge in [0.1, 0.15) is 0 Å². The van der Waals surface area contributed by atoms with Crippen molar-refractivity contribution >= 4 is 26.7 Å². The zero-order valence-electron chi connectivity index (χ0n) is 12.3. The molecule has 0 bridgehead atoms. The third-order valence-corrected chi connectivity index (χ3v) is 4.68. The van der Waals surface area contributed by atoms with Gasteiger partial charge in [0.05, 0.1) is 21.6 Å².